The molecule has 1 aromatic rings. The molecule has 2 N–H and O–H groups in total. The van der Waals surface area contributed by atoms with E-state index >= 15 is 0 Å². The Bertz CT molecular complexity index is 597. The molecule has 0 spiro atoms. The van der Waals surface area contributed by atoms with Crippen LogP contribution in [0.3, 0.4) is 0 Å². The number of hydrogen-bond acceptors (Lipinski definition) is 4. The van der Waals surface area contributed by atoms with E-state index in [0.717, 1.165) is 12.0 Å². The fourth-order valence-electron chi connectivity index (χ4n) is 3.26. The molecule has 1 fully saturated rings. The lowest BCUT2D eigenvalue weighted by Crippen LogP contribution is -2.40. The van der Waals surface area contributed by atoms with Crippen molar-refractivity contribution in [1.82, 2.24) is 10.6 Å². The predicted octanol–water partition coefficient (Wildman–Crippen LogP) is 2.12. The fourth-order valence-corrected chi connectivity index (χ4v) is 3.26. The van der Waals surface area contributed by atoms with E-state index < -0.39 is 11.8 Å². The summed E-state index contributed by atoms with van der Waals surface area (Å²) in [7, 11) is 0. The molecule has 3 rings (SSSR count). The Balaban J connectivity index is 1.37. The van der Waals surface area contributed by atoms with Gasteiger partial charge in [-0.25, -0.2) is 0 Å². The molecule has 1 aliphatic heterocycles. The summed E-state index contributed by atoms with van der Waals surface area (Å²) in [6.07, 6.45) is 7.34. The van der Waals surface area contributed by atoms with Crippen LogP contribution < -0.4 is 20.1 Å². The van der Waals surface area contributed by atoms with E-state index in [-0.39, 0.29) is 13.3 Å². The Kier molecular flexibility index (Phi) is 5.56. The molecule has 1 aliphatic carbocycles. The summed E-state index contributed by atoms with van der Waals surface area (Å²) in [5.74, 6) is 0.892. The average Bonchev–Trinajstić information content (AvgIpc) is 3.08. The zero-order valence-corrected chi connectivity index (χ0v) is 13.8. The highest BCUT2D eigenvalue weighted by Crippen LogP contribution is 2.32. The maximum Gasteiger partial charge on any atom is 0.309 e. The molecule has 1 saturated carbocycles. The summed E-state index contributed by atoms with van der Waals surface area (Å²) >= 11 is 0. The maximum absolute atomic E-state index is 11.9. The Hall–Kier alpha value is -2.24. The lowest BCUT2D eigenvalue weighted by molar-refractivity contribution is -0.139. The first-order valence-corrected chi connectivity index (χ1v) is 8.67. The largest absolute Gasteiger partial charge is 0.454 e. The van der Waals surface area contributed by atoms with Gasteiger partial charge in [0.05, 0.1) is 0 Å². The summed E-state index contributed by atoms with van der Waals surface area (Å²) in [5.41, 5.74) is 0.864. The van der Waals surface area contributed by atoms with Crippen LogP contribution in [0.25, 0.3) is 0 Å². The van der Waals surface area contributed by atoms with Gasteiger partial charge in [0.15, 0.2) is 11.5 Å². The van der Waals surface area contributed by atoms with E-state index in [9.17, 15) is 9.59 Å². The van der Waals surface area contributed by atoms with Crippen LogP contribution in [-0.2, 0) is 16.1 Å². The van der Waals surface area contributed by atoms with Crippen molar-refractivity contribution in [1.29, 1.82) is 0 Å². The number of carbonyl (C=O) groups excluding carboxylic acids is 2. The van der Waals surface area contributed by atoms with Crippen molar-refractivity contribution in [3.05, 3.63) is 23.8 Å². The van der Waals surface area contributed by atoms with Crippen LogP contribution in [0.1, 0.15) is 44.1 Å². The first-order chi connectivity index (χ1) is 11.7. The Morgan fingerprint density at radius 3 is 2.58 bits per heavy atom. The Morgan fingerprint density at radius 2 is 1.75 bits per heavy atom. The topological polar surface area (TPSA) is 76.7 Å². The minimum atomic E-state index is -0.601. The van der Waals surface area contributed by atoms with Crippen LogP contribution in [0.2, 0.25) is 0 Å². The van der Waals surface area contributed by atoms with E-state index in [1.807, 2.05) is 12.1 Å². The molecule has 2 aliphatic rings. The van der Waals surface area contributed by atoms with E-state index in [2.05, 4.69) is 10.6 Å². The van der Waals surface area contributed by atoms with Gasteiger partial charge in [-0.05, 0) is 30.0 Å². The summed E-state index contributed by atoms with van der Waals surface area (Å²) in [6, 6.07) is 5.45. The van der Waals surface area contributed by atoms with Crippen molar-refractivity contribution >= 4 is 11.8 Å². The summed E-state index contributed by atoms with van der Waals surface area (Å²) < 4.78 is 10.5. The quantitative estimate of drug-likeness (QED) is 0.810. The molecule has 0 atom stereocenters. The van der Waals surface area contributed by atoms with Crippen LogP contribution in [-0.4, -0.2) is 25.2 Å². The van der Waals surface area contributed by atoms with Crippen LogP contribution in [0.15, 0.2) is 18.2 Å². The van der Waals surface area contributed by atoms with E-state index in [1.54, 1.807) is 6.07 Å². The van der Waals surface area contributed by atoms with Gasteiger partial charge < -0.3 is 20.1 Å². The zero-order chi connectivity index (χ0) is 16.8. The second-order valence-electron chi connectivity index (χ2n) is 6.42. The van der Waals surface area contributed by atoms with Gasteiger partial charge in [0.25, 0.3) is 0 Å². The van der Waals surface area contributed by atoms with Gasteiger partial charge in [0, 0.05) is 13.1 Å². The van der Waals surface area contributed by atoms with Gasteiger partial charge in [-0.3, -0.25) is 9.59 Å². The van der Waals surface area contributed by atoms with Crippen molar-refractivity contribution in [2.45, 2.75) is 45.1 Å². The fraction of sp³-hybridized carbons (Fsp3) is 0.556. The highest BCUT2D eigenvalue weighted by Gasteiger charge is 2.17. The summed E-state index contributed by atoms with van der Waals surface area (Å²) in [5, 5.41) is 5.34. The standard InChI is InChI=1S/C18H24N2O4/c21-17(19-9-8-13-4-2-1-3-5-13)18(22)20-11-14-6-7-15-16(10-14)24-12-23-15/h6-7,10,13H,1-5,8-9,11-12H2,(H,19,21)(H,20,22). The number of carbonyl (C=O) groups is 2. The SMILES string of the molecule is O=C(NCCC1CCCCC1)C(=O)NCc1ccc2c(c1)OCO2. The molecular weight excluding hydrogens is 308 g/mol. The smallest absolute Gasteiger partial charge is 0.309 e. The van der Waals surface area contributed by atoms with E-state index in [4.69, 9.17) is 9.47 Å². The lowest BCUT2D eigenvalue weighted by Gasteiger charge is -2.21. The molecule has 2 amide bonds. The average molecular weight is 332 g/mol. The lowest BCUT2D eigenvalue weighted by atomic mass is 9.87. The van der Waals surface area contributed by atoms with Gasteiger partial charge in [-0.1, -0.05) is 38.2 Å². The second kappa shape index (κ2) is 8.04. The van der Waals surface area contributed by atoms with Gasteiger partial charge in [0.2, 0.25) is 6.79 Å². The first-order valence-electron chi connectivity index (χ1n) is 8.67. The Morgan fingerprint density at radius 1 is 1.00 bits per heavy atom. The summed E-state index contributed by atoms with van der Waals surface area (Å²) in [4.78, 5) is 23.7. The first kappa shape index (κ1) is 16.6. The third-order valence-corrected chi connectivity index (χ3v) is 4.66. The maximum atomic E-state index is 11.9. The van der Waals surface area contributed by atoms with Crippen molar-refractivity contribution in [3.63, 3.8) is 0 Å². The predicted molar refractivity (Wildman–Crippen MR) is 88.6 cm³/mol. The number of amides is 2. The van der Waals surface area contributed by atoms with Crippen LogP contribution in [0, 0.1) is 5.92 Å². The highest BCUT2D eigenvalue weighted by atomic mass is 16.7. The molecule has 130 valence electrons. The molecule has 1 heterocycles. The third kappa shape index (κ3) is 4.40. The zero-order valence-electron chi connectivity index (χ0n) is 13.8. The van der Waals surface area contributed by atoms with Crippen molar-refractivity contribution < 1.29 is 19.1 Å². The number of nitrogens with one attached hydrogen (secondary N) is 2. The van der Waals surface area contributed by atoms with Crippen LogP contribution in [0.4, 0.5) is 0 Å². The van der Waals surface area contributed by atoms with Crippen LogP contribution >= 0.6 is 0 Å². The number of ether oxygens (including phenoxy) is 2. The molecular formula is C18H24N2O4. The molecule has 0 aromatic heterocycles. The van der Waals surface area contributed by atoms with Gasteiger partial charge in [0.1, 0.15) is 0 Å². The van der Waals surface area contributed by atoms with E-state index in [0.29, 0.717) is 24.0 Å². The van der Waals surface area contributed by atoms with Crippen molar-refractivity contribution in [3.8, 4) is 11.5 Å². The van der Waals surface area contributed by atoms with Crippen molar-refractivity contribution in [2.75, 3.05) is 13.3 Å². The van der Waals surface area contributed by atoms with Gasteiger partial charge in [-0.2, -0.15) is 0 Å². The Labute approximate surface area is 141 Å². The normalized spacial score (nSPS) is 16.7. The molecule has 24 heavy (non-hydrogen) atoms. The monoisotopic (exact) mass is 332 g/mol. The molecule has 0 unspecified atom stereocenters. The van der Waals surface area contributed by atoms with E-state index in [1.165, 1.54) is 32.1 Å². The third-order valence-electron chi connectivity index (χ3n) is 4.66. The summed E-state index contributed by atoms with van der Waals surface area (Å²) in [6.45, 7) is 1.07. The highest BCUT2D eigenvalue weighted by molar-refractivity contribution is 6.35. The van der Waals surface area contributed by atoms with Crippen LogP contribution in [0.5, 0.6) is 11.5 Å². The molecule has 1 aromatic carbocycles. The molecule has 6 nitrogen and oxygen atoms in total. The van der Waals surface area contributed by atoms with Gasteiger partial charge in [-0.15, -0.1) is 0 Å². The minimum Gasteiger partial charge on any atom is -0.454 e. The molecule has 6 heteroatoms. The molecule has 0 radical (unpaired) electrons. The second-order valence-corrected chi connectivity index (χ2v) is 6.42. The number of benzene rings is 1. The van der Waals surface area contributed by atoms with Crippen molar-refractivity contribution in [2.24, 2.45) is 5.92 Å². The number of rotatable bonds is 5. The van der Waals surface area contributed by atoms with Gasteiger partial charge >= 0.3 is 11.8 Å². The minimum absolute atomic E-state index is 0.217. The molecule has 0 bridgehead atoms. The molecule has 0 saturated heterocycles. The number of hydrogen-bond donors (Lipinski definition) is 2. The number of fused-ring (bicyclic) bond motifs is 1.